The Balaban J connectivity index is 1.96. The minimum Gasteiger partial charge on any atom is -0.385 e. The lowest BCUT2D eigenvalue weighted by Crippen LogP contribution is -2.62. The molecule has 2 N–H and O–H groups in total. The normalized spacial score (nSPS) is 39.2. The number of amides is 2. The van der Waals surface area contributed by atoms with Crippen LogP contribution in [0.25, 0.3) is 0 Å². The molecule has 2 saturated heterocycles. The number of amidine groups is 1. The third-order valence-electron chi connectivity index (χ3n) is 4.82. The van der Waals surface area contributed by atoms with Crippen molar-refractivity contribution in [2.75, 3.05) is 13.6 Å². The van der Waals surface area contributed by atoms with Gasteiger partial charge in [-0.2, -0.15) is 4.99 Å². The molecule has 0 aromatic heterocycles. The number of carbonyl (C=O) groups excluding carboxylic acids is 1. The summed E-state index contributed by atoms with van der Waals surface area (Å²) in [6, 6.07) is 0.710. The van der Waals surface area contributed by atoms with Gasteiger partial charge in [-0.15, -0.1) is 6.42 Å². The standard InChI is InChI=1S/C13H18N4O/c1-3-6-17-12(18)15-11(14)13(17)7-9-4-5-10(8-13)16(9)2/h1,9-10H,4-8H2,2H3,(H2,14,15,18). The second-order valence-corrected chi connectivity index (χ2v) is 5.56. The SMILES string of the molecule is C#CCN1C(=O)N=C(N)C12CC1CCC(C2)N1C. The maximum atomic E-state index is 11.9. The number of nitrogens with zero attached hydrogens (tertiary/aromatic N) is 3. The van der Waals surface area contributed by atoms with E-state index in [2.05, 4.69) is 22.9 Å². The number of urea groups is 1. The van der Waals surface area contributed by atoms with Gasteiger partial charge in [0, 0.05) is 12.1 Å². The quantitative estimate of drug-likeness (QED) is 0.682. The Bertz CT molecular complexity index is 450. The molecule has 0 aromatic carbocycles. The molecule has 1 spiro atoms. The van der Waals surface area contributed by atoms with Crippen molar-refractivity contribution in [3.8, 4) is 12.3 Å². The van der Waals surface area contributed by atoms with Crippen LogP contribution >= 0.6 is 0 Å². The fourth-order valence-electron chi connectivity index (χ4n) is 3.77. The van der Waals surface area contributed by atoms with Crippen LogP contribution in [-0.2, 0) is 0 Å². The Morgan fingerprint density at radius 2 is 2.11 bits per heavy atom. The van der Waals surface area contributed by atoms with Gasteiger partial charge in [-0.05, 0) is 32.7 Å². The maximum absolute atomic E-state index is 11.9. The molecule has 0 saturated carbocycles. The first-order valence-electron chi connectivity index (χ1n) is 6.40. The summed E-state index contributed by atoms with van der Waals surface area (Å²) in [7, 11) is 2.16. The molecular formula is C13H18N4O. The fourth-order valence-corrected chi connectivity index (χ4v) is 3.77. The summed E-state index contributed by atoms with van der Waals surface area (Å²) in [4.78, 5) is 20.0. The number of rotatable bonds is 1. The summed E-state index contributed by atoms with van der Waals surface area (Å²) < 4.78 is 0. The monoisotopic (exact) mass is 246 g/mol. The second kappa shape index (κ2) is 3.72. The highest BCUT2D eigenvalue weighted by atomic mass is 16.2. The smallest absolute Gasteiger partial charge is 0.346 e. The first-order chi connectivity index (χ1) is 8.58. The van der Waals surface area contributed by atoms with Crippen molar-refractivity contribution in [1.82, 2.24) is 9.80 Å². The fraction of sp³-hybridized carbons (Fsp3) is 0.692. The number of hydrogen-bond acceptors (Lipinski definition) is 3. The van der Waals surface area contributed by atoms with Gasteiger partial charge in [-0.3, -0.25) is 4.90 Å². The largest absolute Gasteiger partial charge is 0.385 e. The van der Waals surface area contributed by atoms with Crippen LogP contribution in [0, 0.1) is 12.3 Å². The maximum Gasteiger partial charge on any atom is 0.346 e. The number of fused-ring (bicyclic) bond motifs is 2. The molecule has 18 heavy (non-hydrogen) atoms. The predicted molar refractivity (Wildman–Crippen MR) is 69.1 cm³/mol. The Morgan fingerprint density at radius 3 is 2.67 bits per heavy atom. The van der Waals surface area contributed by atoms with Crippen molar-refractivity contribution < 1.29 is 4.79 Å². The van der Waals surface area contributed by atoms with E-state index in [0.717, 1.165) is 12.8 Å². The summed E-state index contributed by atoms with van der Waals surface area (Å²) >= 11 is 0. The van der Waals surface area contributed by atoms with Crippen molar-refractivity contribution in [1.29, 1.82) is 0 Å². The zero-order chi connectivity index (χ0) is 12.9. The molecular weight excluding hydrogens is 228 g/mol. The number of hydrogen-bond donors (Lipinski definition) is 1. The number of terminal acetylenes is 1. The highest BCUT2D eigenvalue weighted by Crippen LogP contribution is 2.44. The average Bonchev–Trinajstić information content (AvgIpc) is 2.70. The summed E-state index contributed by atoms with van der Waals surface area (Å²) in [6.45, 7) is 0.298. The van der Waals surface area contributed by atoms with Gasteiger partial charge < -0.3 is 10.6 Å². The van der Waals surface area contributed by atoms with Crippen molar-refractivity contribution in [3.05, 3.63) is 0 Å². The van der Waals surface area contributed by atoms with Crippen LogP contribution < -0.4 is 5.73 Å². The van der Waals surface area contributed by atoms with Crippen LogP contribution in [0.15, 0.2) is 4.99 Å². The lowest BCUT2D eigenvalue weighted by Gasteiger charge is -2.46. The van der Waals surface area contributed by atoms with Crippen LogP contribution in [0.1, 0.15) is 25.7 Å². The van der Waals surface area contributed by atoms with Crippen molar-refractivity contribution in [2.45, 2.75) is 43.3 Å². The first kappa shape index (κ1) is 11.5. The highest BCUT2D eigenvalue weighted by molar-refractivity contribution is 6.06. The van der Waals surface area contributed by atoms with Crippen LogP contribution in [0.3, 0.4) is 0 Å². The molecule has 3 rings (SSSR count). The third-order valence-corrected chi connectivity index (χ3v) is 4.82. The second-order valence-electron chi connectivity index (χ2n) is 5.56. The van der Waals surface area contributed by atoms with E-state index < -0.39 is 5.54 Å². The molecule has 3 heterocycles. The summed E-state index contributed by atoms with van der Waals surface area (Å²) in [5.41, 5.74) is 5.64. The Kier molecular flexibility index (Phi) is 2.39. The number of carbonyl (C=O) groups is 1. The molecule has 5 nitrogen and oxygen atoms in total. The predicted octanol–water partition coefficient (Wildman–Crippen LogP) is 0.408. The molecule has 2 bridgehead atoms. The van der Waals surface area contributed by atoms with Gasteiger partial charge in [0.05, 0.1) is 6.54 Å². The molecule has 3 aliphatic rings. The van der Waals surface area contributed by atoms with E-state index in [4.69, 9.17) is 12.2 Å². The van der Waals surface area contributed by atoms with E-state index in [1.165, 1.54) is 12.8 Å². The lowest BCUT2D eigenvalue weighted by atomic mass is 9.81. The number of piperidine rings is 1. The molecule has 5 heteroatoms. The van der Waals surface area contributed by atoms with Crippen molar-refractivity contribution in [3.63, 3.8) is 0 Å². The van der Waals surface area contributed by atoms with Gasteiger partial charge in [-0.25, -0.2) is 4.79 Å². The molecule has 2 unspecified atom stereocenters. The molecule has 3 aliphatic heterocycles. The third kappa shape index (κ3) is 1.33. The van der Waals surface area contributed by atoms with Gasteiger partial charge in [0.15, 0.2) is 0 Å². The zero-order valence-corrected chi connectivity index (χ0v) is 10.6. The van der Waals surface area contributed by atoms with Gasteiger partial charge in [0.2, 0.25) is 0 Å². The van der Waals surface area contributed by atoms with E-state index in [1.54, 1.807) is 4.90 Å². The van der Waals surface area contributed by atoms with E-state index in [0.29, 0.717) is 24.5 Å². The van der Waals surface area contributed by atoms with E-state index in [1.807, 2.05) is 0 Å². The first-order valence-corrected chi connectivity index (χ1v) is 6.40. The van der Waals surface area contributed by atoms with Gasteiger partial charge >= 0.3 is 6.03 Å². The van der Waals surface area contributed by atoms with Crippen LogP contribution in [0.2, 0.25) is 0 Å². The Hall–Kier alpha value is -1.54. The van der Waals surface area contributed by atoms with Crippen LogP contribution in [0.4, 0.5) is 4.79 Å². The Labute approximate surface area is 107 Å². The summed E-state index contributed by atoms with van der Waals surface area (Å²) in [5.74, 6) is 3.02. The van der Waals surface area contributed by atoms with Crippen molar-refractivity contribution >= 4 is 11.9 Å². The van der Waals surface area contributed by atoms with Gasteiger partial charge in [0.1, 0.15) is 11.4 Å². The van der Waals surface area contributed by atoms with Crippen LogP contribution in [-0.4, -0.2) is 52.9 Å². The topological polar surface area (TPSA) is 61.9 Å². The van der Waals surface area contributed by atoms with Crippen molar-refractivity contribution in [2.24, 2.45) is 10.7 Å². The highest BCUT2D eigenvalue weighted by Gasteiger charge is 2.56. The minimum atomic E-state index is -0.415. The molecule has 2 amide bonds. The van der Waals surface area contributed by atoms with E-state index in [9.17, 15) is 4.79 Å². The zero-order valence-electron chi connectivity index (χ0n) is 10.6. The van der Waals surface area contributed by atoms with Gasteiger partial charge in [-0.1, -0.05) is 5.92 Å². The van der Waals surface area contributed by atoms with Gasteiger partial charge in [0.25, 0.3) is 0 Å². The summed E-state index contributed by atoms with van der Waals surface area (Å²) in [5, 5.41) is 0. The molecule has 2 atom stereocenters. The van der Waals surface area contributed by atoms with E-state index in [-0.39, 0.29) is 6.03 Å². The number of aliphatic imine (C=N–C) groups is 1. The summed E-state index contributed by atoms with van der Waals surface area (Å²) in [6.07, 6.45) is 9.45. The molecule has 0 aromatic rings. The Morgan fingerprint density at radius 1 is 1.50 bits per heavy atom. The minimum absolute atomic E-state index is 0.269. The molecule has 96 valence electrons. The molecule has 0 aliphatic carbocycles. The lowest BCUT2D eigenvalue weighted by molar-refractivity contribution is 0.0746. The van der Waals surface area contributed by atoms with Crippen LogP contribution in [0.5, 0.6) is 0 Å². The molecule has 2 fully saturated rings. The van der Waals surface area contributed by atoms with E-state index >= 15 is 0 Å². The average molecular weight is 246 g/mol. The molecule has 0 radical (unpaired) electrons. The number of nitrogens with two attached hydrogens (primary N) is 1.